The predicted molar refractivity (Wildman–Crippen MR) is 59.3 cm³/mol. The van der Waals surface area contributed by atoms with Gasteiger partial charge < -0.3 is 15.8 Å². The third-order valence-corrected chi connectivity index (χ3v) is 2.97. The van der Waals surface area contributed by atoms with E-state index in [1.54, 1.807) is 0 Å². The van der Waals surface area contributed by atoms with E-state index in [0.29, 0.717) is 18.1 Å². The molecule has 1 saturated carbocycles. The van der Waals surface area contributed by atoms with E-state index in [1.165, 1.54) is 19.3 Å². The van der Waals surface area contributed by atoms with E-state index in [9.17, 15) is 0 Å². The van der Waals surface area contributed by atoms with Crippen molar-refractivity contribution in [3.05, 3.63) is 0 Å². The second-order valence-electron chi connectivity index (χ2n) is 4.33. The van der Waals surface area contributed by atoms with E-state index in [0.717, 1.165) is 19.7 Å². The molecule has 1 rings (SSSR count). The minimum Gasteiger partial charge on any atom is -0.378 e. The summed E-state index contributed by atoms with van der Waals surface area (Å²) in [5, 5.41) is 3.54. The zero-order valence-electron chi connectivity index (χ0n) is 9.46. The van der Waals surface area contributed by atoms with Crippen molar-refractivity contribution in [3.8, 4) is 0 Å². The lowest BCUT2D eigenvalue weighted by Crippen LogP contribution is -2.46. The smallest absolute Gasteiger partial charge is 0.0604 e. The number of hydrogen-bond donors (Lipinski definition) is 2. The number of ether oxygens (including phenoxy) is 1. The first-order valence-electron chi connectivity index (χ1n) is 5.81. The van der Waals surface area contributed by atoms with Crippen LogP contribution in [0.15, 0.2) is 0 Å². The van der Waals surface area contributed by atoms with Crippen LogP contribution in [0.2, 0.25) is 0 Å². The molecule has 0 aromatic rings. The molecule has 1 unspecified atom stereocenters. The minimum atomic E-state index is 0.518. The van der Waals surface area contributed by atoms with Crippen molar-refractivity contribution in [2.45, 2.75) is 45.3 Å². The molecule has 0 aromatic heterocycles. The highest BCUT2D eigenvalue weighted by Crippen LogP contribution is 2.23. The van der Waals surface area contributed by atoms with Gasteiger partial charge in [0.25, 0.3) is 0 Å². The average molecular weight is 200 g/mol. The summed E-state index contributed by atoms with van der Waals surface area (Å²) in [6.07, 6.45) is 4.08. The van der Waals surface area contributed by atoms with Gasteiger partial charge in [0.15, 0.2) is 0 Å². The zero-order chi connectivity index (χ0) is 10.4. The summed E-state index contributed by atoms with van der Waals surface area (Å²) in [6.45, 7) is 7.01. The van der Waals surface area contributed by atoms with E-state index in [4.69, 9.17) is 10.5 Å². The maximum atomic E-state index is 5.55. The van der Waals surface area contributed by atoms with Crippen LogP contribution in [0.5, 0.6) is 0 Å². The Morgan fingerprint density at radius 3 is 2.79 bits per heavy atom. The van der Waals surface area contributed by atoms with Gasteiger partial charge in [-0.25, -0.2) is 0 Å². The van der Waals surface area contributed by atoms with Crippen LogP contribution in [0.1, 0.15) is 33.1 Å². The molecule has 1 aliphatic rings. The molecule has 3 N–H and O–H groups in total. The standard InChI is InChI=1S/C11H24N2O/c1-3-14-11-6-10(7-11)13-5-4-9(2)8-12/h9-11,13H,3-8,12H2,1-2H3. The Balaban J connectivity index is 1.90. The number of rotatable bonds is 7. The third kappa shape index (κ3) is 3.95. The van der Waals surface area contributed by atoms with Gasteiger partial charge in [-0.1, -0.05) is 6.92 Å². The van der Waals surface area contributed by atoms with Crippen molar-refractivity contribution < 1.29 is 4.74 Å². The summed E-state index contributed by atoms with van der Waals surface area (Å²) in [5.41, 5.74) is 5.55. The maximum Gasteiger partial charge on any atom is 0.0604 e. The van der Waals surface area contributed by atoms with Crippen molar-refractivity contribution >= 4 is 0 Å². The second-order valence-corrected chi connectivity index (χ2v) is 4.33. The average Bonchev–Trinajstić information content (AvgIpc) is 2.13. The highest BCUT2D eigenvalue weighted by molar-refractivity contribution is 4.85. The molecule has 1 atom stereocenters. The Hall–Kier alpha value is -0.120. The van der Waals surface area contributed by atoms with Gasteiger partial charge in [-0.05, 0) is 45.2 Å². The lowest BCUT2D eigenvalue weighted by Gasteiger charge is -2.35. The van der Waals surface area contributed by atoms with Crippen LogP contribution in [0, 0.1) is 5.92 Å². The Morgan fingerprint density at radius 1 is 1.50 bits per heavy atom. The number of hydrogen-bond acceptors (Lipinski definition) is 3. The van der Waals surface area contributed by atoms with Crippen molar-refractivity contribution in [2.24, 2.45) is 11.7 Å². The lowest BCUT2D eigenvalue weighted by molar-refractivity contribution is -0.00989. The molecule has 0 bridgehead atoms. The van der Waals surface area contributed by atoms with Crippen LogP contribution in [0.3, 0.4) is 0 Å². The molecule has 14 heavy (non-hydrogen) atoms. The normalized spacial score (nSPS) is 28.5. The Labute approximate surface area is 87.4 Å². The summed E-state index contributed by atoms with van der Waals surface area (Å²) >= 11 is 0. The molecule has 0 radical (unpaired) electrons. The minimum absolute atomic E-state index is 0.518. The van der Waals surface area contributed by atoms with Crippen LogP contribution in [0.25, 0.3) is 0 Å². The zero-order valence-corrected chi connectivity index (χ0v) is 9.46. The monoisotopic (exact) mass is 200 g/mol. The van der Waals surface area contributed by atoms with Gasteiger partial charge in [-0.3, -0.25) is 0 Å². The van der Waals surface area contributed by atoms with Crippen molar-refractivity contribution in [3.63, 3.8) is 0 Å². The molecule has 0 aromatic carbocycles. The fraction of sp³-hybridized carbons (Fsp3) is 1.00. The molecule has 0 saturated heterocycles. The fourth-order valence-electron chi connectivity index (χ4n) is 1.76. The quantitative estimate of drug-likeness (QED) is 0.647. The predicted octanol–water partition coefficient (Wildman–Crippen LogP) is 1.13. The maximum absolute atomic E-state index is 5.55. The molecule has 3 heteroatoms. The SMILES string of the molecule is CCOC1CC(NCCC(C)CN)C1. The fourth-order valence-corrected chi connectivity index (χ4v) is 1.76. The Bertz CT molecular complexity index is 146. The van der Waals surface area contributed by atoms with Gasteiger partial charge in [-0.15, -0.1) is 0 Å². The van der Waals surface area contributed by atoms with Crippen LogP contribution >= 0.6 is 0 Å². The molecule has 1 fully saturated rings. The highest BCUT2D eigenvalue weighted by Gasteiger charge is 2.28. The van der Waals surface area contributed by atoms with Gasteiger partial charge in [0, 0.05) is 12.6 Å². The summed E-state index contributed by atoms with van der Waals surface area (Å²) in [4.78, 5) is 0. The third-order valence-electron chi connectivity index (χ3n) is 2.97. The van der Waals surface area contributed by atoms with Crippen LogP contribution in [0.4, 0.5) is 0 Å². The van der Waals surface area contributed by atoms with Crippen molar-refractivity contribution in [1.82, 2.24) is 5.32 Å². The van der Waals surface area contributed by atoms with Gasteiger partial charge in [0.1, 0.15) is 0 Å². The first-order chi connectivity index (χ1) is 6.76. The van der Waals surface area contributed by atoms with Crippen molar-refractivity contribution in [2.75, 3.05) is 19.7 Å². The summed E-state index contributed by atoms with van der Waals surface area (Å²) in [6, 6.07) is 0.691. The molecule has 0 aliphatic heterocycles. The van der Waals surface area contributed by atoms with Crippen molar-refractivity contribution in [1.29, 1.82) is 0 Å². The van der Waals surface area contributed by atoms with Crippen LogP contribution in [-0.2, 0) is 4.74 Å². The van der Waals surface area contributed by atoms with E-state index in [2.05, 4.69) is 19.2 Å². The van der Waals surface area contributed by atoms with E-state index in [-0.39, 0.29) is 0 Å². The van der Waals surface area contributed by atoms with Crippen LogP contribution in [-0.4, -0.2) is 31.8 Å². The Morgan fingerprint density at radius 2 is 2.21 bits per heavy atom. The van der Waals surface area contributed by atoms with E-state index in [1.807, 2.05) is 0 Å². The molecule has 1 aliphatic carbocycles. The molecule has 0 heterocycles. The van der Waals surface area contributed by atoms with Gasteiger partial charge in [-0.2, -0.15) is 0 Å². The van der Waals surface area contributed by atoms with Gasteiger partial charge in [0.05, 0.1) is 6.10 Å². The van der Waals surface area contributed by atoms with Gasteiger partial charge in [0.2, 0.25) is 0 Å². The molecule has 84 valence electrons. The topological polar surface area (TPSA) is 47.3 Å². The second kappa shape index (κ2) is 6.38. The highest BCUT2D eigenvalue weighted by atomic mass is 16.5. The Kier molecular flexibility index (Phi) is 5.45. The molecular formula is C11H24N2O. The first kappa shape index (κ1) is 12.0. The van der Waals surface area contributed by atoms with E-state index >= 15 is 0 Å². The lowest BCUT2D eigenvalue weighted by atomic mass is 9.89. The van der Waals surface area contributed by atoms with Crippen LogP contribution < -0.4 is 11.1 Å². The molecule has 0 amide bonds. The summed E-state index contributed by atoms with van der Waals surface area (Å²) in [7, 11) is 0. The van der Waals surface area contributed by atoms with Gasteiger partial charge >= 0.3 is 0 Å². The first-order valence-corrected chi connectivity index (χ1v) is 5.81. The number of nitrogens with two attached hydrogens (primary N) is 1. The summed E-state index contributed by atoms with van der Waals surface area (Å²) < 4.78 is 5.50. The molecular weight excluding hydrogens is 176 g/mol. The largest absolute Gasteiger partial charge is 0.378 e. The molecule has 3 nitrogen and oxygen atoms in total. The number of nitrogens with one attached hydrogen (secondary N) is 1. The molecule has 0 spiro atoms. The van der Waals surface area contributed by atoms with E-state index < -0.39 is 0 Å². The summed E-state index contributed by atoms with van der Waals surface area (Å²) in [5.74, 6) is 0.644.